The van der Waals surface area contributed by atoms with Crippen LogP contribution in [0, 0.1) is 35.5 Å². The SMILES string of the molecule is CC[C@@H](C(=O)[C@@H](C)[C@@H](N=O)[C@H](C)CCc1ccc(C)c(O)c1C(=O)O)[C@H]1O[C@](CC)([C@H]2CC[C@](O)(CC)[C@H](C)O2)C[C@@H]1C. The summed E-state index contributed by atoms with van der Waals surface area (Å²) < 4.78 is 13.3. The topological polar surface area (TPSA) is 143 Å². The number of ketones is 1. The number of Topliss-reactive ketones (excluding diaryl/α,β-unsaturated/α-hetero) is 1. The Morgan fingerprint density at radius 2 is 1.81 bits per heavy atom. The average molecular weight is 604 g/mol. The molecule has 0 spiro atoms. The summed E-state index contributed by atoms with van der Waals surface area (Å²) in [6, 6.07) is 2.59. The number of hydrogen-bond donors (Lipinski definition) is 3. The molecule has 2 aliphatic heterocycles. The molecule has 242 valence electrons. The number of nitroso groups, excluding NO2 is 1. The van der Waals surface area contributed by atoms with Gasteiger partial charge in [0.2, 0.25) is 0 Å². The van der Waals surface area contributed by atoms with Crippen molar-refractivity contribution in [3.8, 4) is 5.75 Å². The number of carbonyl (C=O) groups is 2. The van der Waals surface area contributed by atoms with Crippen LogP contribution in [0.1, 0.15) is 115 Å². The number of benzene rings is 1. The first kappa shape index (κ1) is 35.1. The highest BCUT2D eigenvalue weighted by Crippen LogP contribution is 2.48. The number of nitrogens with zero attached hydrogens (tertiary/aromatic N) is 1. The Balaban J connectivity index is 1.73. The van der Waals surface area contributed by atoms with E-state index in [1.165, 1.54) is 0 Å². The Morgan fingerprint density at radius 1 is 1.14 bits per heavy atom. The van der Waals surface area contributed by atoms with Crippen LogP contribution in [0.3, 0.4) is 0 Å². The summed E-state index contributed by atoms with van der Waals surface area (Å²) in [6.07, 6.45) is 4.00. The highest BCUT2D eigenvalue weighted by molar-refractivity contribution is 5.93. The number of carbonyl (C=O) groups excluding carboxylic acids is 1. The zero-order valence-electron chi connectivity index (χ0n) is 27.3. The van der Waals surface area contributed by atoms with E-state index in [1.807, 2.05) is 27.7 Å². The van der Waals surface area contributed by atoms with Gasteiger partial charge in [-0.05, 0) is 88.2 Å². The van der Waals surface area contributed by atoms with Gasteiger partial charge in [-0.3, -0.25) is 4.79 Å². The van der Waals surface area contributed by atoms with Crippen molar-refractivity contribution in [3.05, 3.63) is 33.7 Å². The number of hydrogen-bond acceptors (Lipinski definition) is 8. The molecule has 0 aromatic heterocycles. The first-order valence-corrected chi connectivity index (χ1v) is 16.2. The molecule has 0 unspecified atom stereocenters. The number of aromatic carboxylic acids is 1. The molecule has 2 saturated heterocycles. The smallest absolute Gasteiger partial charge is 0.339 e. The van der Waals surface area contributed by atoms with Crippen LogP contribution in [0.25, 0.3) is 0 Å². The predicted octanol–water partition coefficient (Wildman–Crippen LogP) is 6.62. The summed E-state index contributed by atoms with van der Waals surface area (Å²) in [5.74, 6) is -2.72. The number of aromatic hydroxyl groups is 1. The van der Waals surface area contributed by atoms with Crippen molar-refractivity contribution in [2.75, 3.05) is 0 Å². The van der Waals surface area contributed by atoms with Gasteiger partial charge in [0.25, 0.3) is 0 Å². The van der Waals surface area contributed by atoms with Crippen molar-refractivity contribution in [3.63, 3.8) is 0 Å². The maximum Gasteiger partial charge on any atom is 0.339 e. The van der Waals surface area contributed by atoms with E-state index < -0.39 is 35.0 Å². The largest absolute Gasteiger partial charge is 0.507 e. The molecule has 43 heavy (non-hydrogen) atoms. The summed E-state index contributed by atoms with van der Waals surface area (Å²) in [6.45, 7) is 15.3. The Bertz CT molecular complexity index is 1160. The molecular weight excluding hydrogens is 550 g/mol. The molecule has 0 bridgehead atoms. The minimum atomic E-state index is -1.20. The molecule has 1 aromatic rings. The fourth-order valence-electron chi connectivity index (χ4n) is 7.64. The molecule has 1 aromatic carbocycles. The first-order chi connectivity index (χ1) is 20.2. The number of aryl methyl sites for hydroxylation is 2. The molecule has 0 aliphatic carbocycles. The van der Waals surface area contributed by atoms with Crippen LogP contribution >= 0.6 is 0 Å². The highest BCUT2D eigenvalue weighted by Gasteiger charge is 2.55. The highest BCUT2D eigenvalue weighted by atomic mass is 16.6. The molecular formula is C34H53NO8. The summed E-state index contributed by atoms with van der Waals surface area (Å²) >= 11 is 0. The summed E-state index contributed by atoms with van der Waals surface area (Å²) in [4.78, 5) is 38.0. The number of ether oxygens (including phenoxy) is 2. The van der Waals surface area contributed by atoms with Gasteiger partial charge in [-0.1, -0.05) is 58.9 Å². The van der Waals surface area contributed by atoms with Gasteiger partial charge < -0.3 is 24.8 Å². The van der Waals surface area contributed by atoms with Gasteiger partial charge in [0, 0.05) is 11.8 Å². The molecule has 2 aliphatic rings. The minimum Gasteiger partial charge on any atom is -0.507 e. The standard InChI is InChI=1S/C34H53NO8/c1-9-25(31-21(6)18-34(11-3,43-31)26-16-17-33(40,10-2)23(8)42-26)30(37)22(7)28(35-41)19(4)12-14-24-15-13-20(5)29(36)27(24)32(38)39/h13,15,19,21-23,25-26,28,31,36,40H,9-12,14,16-18H2,1-8H3,(H,38,39)/t19-,21+,22+,23+,25+,26-,28+,31+,33-,34+/m1/s1. The van der Waals surface area contributed by atoms with Gasteiger partial charge in [0.15, 0.2) is 0 Å². The van der Waals surface area contributed by atoms with E-state index >= 15 is 0 Å². The van der Waals surface area contributed by atoms with Crippen LogP contribution in [-0.2, 0) is 20.7 Å². The first-order valence-electron chi connectivity index (χ1n) is 16.2. The molecule has 0 radical (unpaired) electrons. The quantitative estimate of drug-likeness (QED) is 0.202. The molecule has 2 heterocycles. The van der Waals surface area contributed by atoms with Gasteiger partial charge in [-0.2, -0.15) is 4.91 Å². The summed E-state index contributed by atoms with van der Waals surface area (Å²) in [7, 11) is 0. The fourth-order valence-corrected chi connectivity index (χ4v) is 7.64. The maximum absolute atomic E-state index is 14.0. The van der Waals surface area contributed by atoms with Crippen LogP contribution in [-0.4, -0.2) is 62.6 Å². The van der Waals surface area contributed by atoms with Gasteiger partial charge in [0.1, 0.15) is 23.1 Å². The summed E-state index contributed by atoms with van der Waals surface area (Å²) in [5.41, 5.74) is -0.538. The van der Waals surface area contributed by atoms with E-state index in [0.717, 1.165) is 12.8 Å². The molecule has 0 amide bonds. The fraction of sp³-hybridized carbons (Fsp3) is 0.765. The second-order valence-corrected chi connectivity index (χ2v) is 13.3. The monoisotopic (exact) mass is 603 g/mol. The zero-order valence-corrected chi connectivity index (χ0v) is 27.3. The van der Waals surface area contributed by atoms with Crippen LogP contribution in [0.5, 0.6) is 5.75 Å². The number of rotatable bonds is 14. The number of aliphatic hydroxyl groups is 1. The van der Waals surface area contributed by atoms with Crippen molar-refractivity contribution in [2.24, 2.45) is 28.8 Å². The second-order valence-electron chi connectivity index (χ2n) is 13.3. The van der Waals surface area contributed by atoms with Crippen molar-refractivity contribution in [2.45, 2.75) is 142 Å². The Morgan fingerprint density at radius 3 is 2.35 bits per heavy atom. The van der Waals surface area contributed by atoms with Gasteiger partial charge in [-0.15, -0.1) is 0 Å². The van der Waals surface area contributed by atoms with Crippen LogP contribution in [0.15, 0.2) is 17.3 Å². The molecule has 3 rings (SSSR count). The molecule has 3 N–H and O–H groups in total. The van der Waals surface area contributed by atoms with Crippen LogP contribution < -0.4 is 0 Å². The molecule has 10 atom stereocenters. The number of phenols is 1. The average Bonchev–Trinajstić information content (AvgIpc) is 3.32. The number of carboxylic acid groups (broad SMARTS) is 1. The lowest BCUT2D eigenvalue weighted by Crippen LogP contribution is -2.55. The number of carboxylic acids is 1. The second kappa shape index (κ2) is 14.2. The van der Waals surface area contributed by atoms with E-state index in [4.69, 9.17) is 9.47 Å². The molecule has 2 fully saturated rings. The lowest BCUT2D eigenvalue weighted by Gasteiger charge is -2.47. The van der Waals surface area contributed by atoms with E-state index in [1.54, 1.807) is 26.0 Å². The van der Waals surface area contributed by atoms with Crippen molar-refractivity contribution < 1.29 is 34.4 Å². The van der Waals surface area contributed by atoms with Crippen molar-refractivity contribution in [1.82, 2.24) is 0 Å². The Labute approximate surface area is 256 Å². The van der Waals surface area contributed by atoms with Gasteiger partial charge >= 0.3 is 5.97 Å². The summed E-state index contributed by atoms with van der Waals surface area (Å²) in [5, 5.41) is 34.3. The van der Waals surface area contributed by atoms with Crippen LogP contribution in [0.2, 0.25) is 0 Å². The normalized spacial score (nSPS) is 32.1. The zero-order chi connectivity index (χ0) is 32.3. The molecule has 9 heteroatoms. The maximum atomic E-state index is 14.0. The Hall–Kier alpha value is -2.36. The van der Waals surface area contributed by atoms with Gasteiger partial charge in [-0.25, -0.2) is 4.79 Å². The lowest BCUT2D eigenvalue weighted by molar-refractivity contribution is -0.229. The van der Waals surface area contributed by atoms with E-state index in [-0.39, 0.29) is 47.2 Å². The predicted molar refractivity (Wildman–Crippen MR) is 165 cm³/mol. The third-order valence-electron chi connectivity index (χ3n) is 10.8. The molecule has 0 saturated carbocycles. The van der Waals surface area contributed by atoms with Crippen molar-refractivity contribution >= 4 is 11.8 Å². The third kappa shape index (κ3) is 6.99. The van der Waals surface area contributed by atoms with E-state index in [2.05, 4.69) is 19.0 Å². The van der Waals surface area contributed by atoms with Gasteiger partial charge in [0.05, 0.1) is 29.5 Å². The van der Waals surface area contributed by atoms with Crippen molar-refractivity contribution in [1.29, 1.82) is 0 Å². The third-order valence-corrected chi connectivity index (χ3v) is 10.8. The Kier molecular flexibility index (Phi) is 11.6. The van der Waals surface area contributed by atoms with E-state index in [9.17, 15) is 29.8 Å². The lowest BCUT2D eigenvalue weighted by atomic mass is 9.75. The van der Waals surface area contributed by atoms with Crippen LogP contribution in [0.4, 0.5) is 0 Å². The molecule has 9 nitrogen and oxygen atoms in total. The van der Waals surface area contributed by atoms with E-state index in [0.29, 0.717) is 49.7 Å². The minimum absolute atomic E-state index is 0.0415.